The number of hydrogen-bond donors (Lipinski definition) is 2. The topological polar surface area (TPSA) is 150 Å². The Balaban J connectivity index is 0.00000312. The lowest BCUT2D eigenvalue weighted by Gasteiger charge is -2.23. The molecule has 2 rings (SSSR count). The molecule has 25 heavy (non-hydrogen) atoms. The van der Waals surface area contributed by atoms with Gasteiger partial charge in [0.15, 0.2) is 0 Å². The molecule has 1 heterocycles. The predicted octanol–water partition coefficient (Wildman–Crippen LogP) is 0.783. The minimum atomic E-state index is -4.18. The number of carbonyl (C=O) groups is 1. The standard InChI is InChI=1S/C14H20N4O5S.ClH/c1-9-11(13(19)17-4-3-14(2,7-15)8-17)5-10(24(16,22)23)6-12(9)18(20)21;/h5-6H,3-4,7-8,15H2,1-2H3,(H2,16,22,23);1H. The minimum Gasteiger partial charge on any atom is -0.338 e. The predicted molar refractivity (Wildman–Crippen MR) is 94.1 cm³/mol. The van der Waals surface area contributed by atoms with Crippen molar-refractivity contribution in [3.05, 3.63) is 33.4 Å². The highest BCUT2D eigenvalue weighted by Gasteiger charge is 2.36. The number of sulfonamides is 1. The average Bonchev–Trinajstić information content (AvgIpc) is 2.88. The normalized spacial score (nSPS) is 20.2. The first-order valence-corrected chi connectivity index (χ1v) is 8.84. The van der Waals surface area contributed by atoms with Crippen molar-refractivity contribution in [2.24, 2.45) is 16.3 Å². The summed E-state index contributed by atoms with van der Waals surface area (Å²) in [6, 6.07) is 1.97. The number of nitrogens with two attached hydrogens (primary N) is 2. The Morgan fingerprint density at radius 3 is 2.48 bits per heavy atom. The van der Waals surface area contributed by atoms with Crippen molar-refractivity contribution in [2.75, 3.05) is 19.6 Å². The maximum absolute atomic E-state index is 12.8. The molecule has 0 radical (unpaired) electrons. The van der Waals surface area contributed by atoms with Gasteiger partial charge < -0.3 is 10.6 Å². The van der Waals surface area contributed by atoms with Crippen LogP contribution < -0.4 is 10.9 Å². The van der Waals surface area contributed by atoms with Crippen LogP contribution in [0.2, 0.25) is 0 Å². The van der Waals surface area contributed by atoms with Crippen molar-refractivity contribution >= 4 is 34.0 Å². The van der Waals surface area contributed by atoms with Gasteiger partial charge in [-0.3, -0.25) is 14.9 Å². The molecular formula is C14H21ClN4O5S. The number of hydrogen-bond acceptors (Lipinski definition) is 6. The summed E-state index contributed by atoms with van der Waals surface area (Å²) in [5.74, 6) is -0.460. The Kier molecular flexibility index (Phi) is 6.17. The Morgan fingerprint density at radius 1 is 1.44 bits per heavy atom. The zero-order chi connectivity index (χ0) is 18.3. The van der Waals surface area contributed by atoms with Crippen LogP contribution in [0.15, 0.2) is 17.0 Å². The summed E-state index contributed by atoms with van der Waals surface area (Å²) in [5, 5.41) is 16.2. The SMILES string of the molecule is Cc1c(C(=O)N2CCC(C)(CN)C2)cc(S(N)(=O)=O)cc1[N+](=O)[O-].Cl. The van der Waals surface area contributed by atoms with Gasteiger partial charge in [0.2, 0.25) is 10.0 Å². The number of likely N-dealkylation sites (tertiary alicyclic amines) is 1. The largest absolute Gasteiger partial charge is 0.338 e. The van der Waals surface area contributed by atoms with Crippen LogP contribution in [0.1, 0.15) is 29.3 Å². The van der Waals surface area contributed by atoms with Crippen LogP contribution >= 0.6 is 12.4 Å². The van der Waals surface area contributed by atoms with E-state index in [1.807, 2.05) is 6.92 Å². The Labute approximate surface area is 152 Å². The van der Waals surface area contributed by atoms with E-state index in [2.05, 4.69) is 0 Å². The molecule has 1 aromatic carbocycles. The zero-order valence-corrected chi connectivity index (χ0v) is 15.5. The van der Waals surface area contributed by atoms with Gasteiger partial charge in [0.05, 0.1) is 15.4 Å². The second-order valence-electron chi connectivity index (χ2n) is 6.41. The molecule has 9 nitrogen and oxygen atoms in total. The van der Waals surface area contributed by atoms with E-state index in [-0.39, 0.29) is 28.9 Å². The highest BCUT2D eigenvalue weighted by Crippen LogP contribution is 2.32. The van der Waals surface area contributed by atoms with Gasteiger partial charge in [0, 0.05) is 24.7 Å². The van der Waals surface area contributed by atoms with E-state index in [4.69, 9.17) is 10.9 Å². The minimum absolute atomic E-state index is 0. The molecule has 1 amide bonds. The zero-order valence-electron chi connectivity index (χ0n) is 13.9. The van der Waals surface area contributed by atoms with E-state index in [9.17, 15) is 23.3 Å². The Hall–Kier alpha value is -1.75. The summed E-state index contributed by atoms with van der Waals surface area (Å²) in [5.41, 5.74) is 5.13. The second-order valence-corrected chi connectivity index (χ2v) is 7.97. The number of carbonyl (C=O) groups excluding carboxylic acids is 1. The fourth-order valence-corrected chi connectivity index (χ4v) is 3.34. The van der Waals surface area contributed by atoms with Crippen LogP contribution in [0.4, 0.5) is 5.69 Å². The van der Waals surface area contributed by atoms with Crippen molar-refractivity contribution in [3.63, 3.8) is 0 Å². The molecule has 0 saturated carbocycles. The molecule has 1 fully saturated rings. The van der Waals surface area contributed by atoms with Crippen molar-refractivity contribution in [1.82, 2.24) is 4.90 Å². The van der Waals surface area contributed by atoms with Crippen LogP contribution in [-0.2, 0) is 10.0 Å². The fourth-order valence-electron chi connectivity index (χ4n) is 2.78. The molecule has 1 aromatic rings. The van der Waals surface area contributed by atoms with E-state index in [0.717, 1.165) is 12.1 Å². The highest BCUT2D eigenvalue weighted by molar-refractivity contribution is 7.89. The number of halogens is 1. The number of nitrogens with zero attached hydrogens (tertiary/aromatic N) is 2. The number of nitro groups is 1. The van der Waals surface area contributed by atoms with E-state index in [0.29, 0.717) is 26.1 Å². The third-order valence-corrected chi connectivity index (χ3v) is 5.34. The van der Waals surface area contributed by atoms with Gasteiger partial charge in [-0.05, 0) is 31.4 Å². The molecule has 140 valence electrons. The van der Waals surface area contributed by atoms with Crippen LogP contribution in [0.25, 0.3) is 0 Å². The first-order valence-electron chi connectivity index (χ1n) is 7.30. The summed E-state index contributed by atoms with van der Waals surface area (Å²) in [6.45, 7) is 4.65. The van der Waals surface area contributed by atoms with Crippen LogP contribution in [0.5, 0.6) is 0 Å². The van der Waals surface area contributed by atoms with E-state index in [1.54, 1.807) is 0 Å². The fraction of sp³-hybridized carbons (Fsp3) is 0.500. The molecular weight excluding hydrogens is 372 g/mol. The van der Waals surface area contributed by atoms with Crippen LogP contribution in [-0.4, -0.2) is 43.8 Å². The van der Waals surface area contributed by atoms with Gasteiger partial charge in [-0.2, -0.15) is 0 Å². The average molecular weight is 393 g/mol. The molecule has 0 spiro atoms. The molecule has 0 bridgehead atoms. The van der Waals surface area contributed by atoms with E-state index >= 15 is 0 Å². The molecule has 1 saturated heterocycles. The third-order valence-electron chi connectivity index (χ3n) is 4.45. The summed E-state index contributed by atoms with van der Waals surface area (Å²) in [6.07, 6.45) is 0.714. The quantitative estimate of drug-likeness (QED) is 0.571. The van der Waals surface area contributed by atoms with Gasteiger partial charge in [-0.15, -0.1) is 12.4 Å². The van der Waals surface area contributed by atoms with Gasteiger partial charge in [-0.1, -0.05) is 6.92 Å². The second kappa shape index (κ2) is 7.24. The molecule has 1 atom stereocenters. The van der Waals surface area contributed by atoms with Crippen LogP contribution in [0, 0.1) is 22.5 Å². The van der Waals surface area contributed by atoms with Crippen molar-refractivity contribution in [2.45, 2.75) is 25.2 Å². The molecule has 1 aliphatic heterocycles. The smallest absolute Gasteiger partial charge is 0.274 e. The van der Waals surface area contributed by atoms with Crippen molar-refractivity contribution < 1.29 is 18.1 Å². The number of primary sulfonamides is 1. The summed E-state index contributed by atoms with van der Waals surface area (Å²) >= 11 is 0. The molecule has 11 heteroatoms. The number of nitro benzene ring substituents is 1. The Bertz CT molecular complexity index is 814. The monoisotopic (exact) mass is 392 g/mol. The van der Waals surface area contributed by atoms with E-state index < -0.39 is 31.4 Å². The lowest BCUT2D eigenvalue weighted by atomic mass is 9.90. The number of benzene rings is 1. The van der Waals surface area contributed by atoms with Gasteiger partial charge in [0.1, 0.15) is 0 Å². The maximum atomic E-state index is 12.8. The number of rotatable bonds is 4. The van der Waals surface area contributed by atoms with Gasteiger partial charge in [0.25, 0.3) is 11.6 Å². The summed E-state index contributed by atoms with van der Waals surface area (Å²) in [7, 11) is -4.18. The van der Waals surface area contributed by atoms with Crippen molar-refractivity contribution in [1.29, 1.82) is 0 Å². The molecule has 0 aliphatic carbocycles. The van der Waals surface area contributed by atoms with E-state index in [1.165, 1.54) is 11.8 Å². The van der Waals surface area contributed by atoms with Crippen LogP contribution in [0.3, 0.4) is 0 Å². The molecule has 1 aliphatic rings. The molecule has 4 N–H and O–H groups in total. The summed E-state index contributed by atoms with van der Waals surface area (Å²) < 4.78 is 23.2. The van der Waals surface area contributed by atoms with Gasteiger partial charge >= 0.3 is 0 Å². The maximum Gasteiger partial charge on any atom is 0.274 e. The Morgan fingerprint density at radius 2 is 2.04 bits per heavy atom. The summed E-state index contributed by atoms with van der Waals surface area (Å²) in [4.78, 5) is 24.3. The third kappa shape index (κ3) is 4.27. The lowest BCUT2D eigenvalue weighted by Crippen LogP contribution is -2.35. The van der Waals surface area contributed by atoms with Gasteiger partial charge in [-0.25, -0.2) is 13.6 Å². The first-order chi connectivity index (χ1) is 11.0. The lowest BCUT2D eigenvalue weighted by molar-refractivity contribution is -0.385. The van der Waals surface area contributed by atoms with Crippen molar-refractivity contribution in [3.8, 4) is 0 Å². The molecule has 1 unspecified atom stereocenters. The number of amides is 1. The molecule has 0 aromatic heterocycles. The first kappa shape index (κ1) is 21.3. The highest BCUT2D eigenvalue weighted by atomic mass is 35.5.